The molecular weight excluding hydrogens is 452 g/mol. The predicted octanol–water partition coefficient (Wildman–Crippen LogP) is 6.00. The van der Waals surface area contributed by atoms with Crippen LogP contribution < -0.4 is 19.2 Å². The summed E-state index contributed by atoms with van der Waals surface area (Å²) in [4.78, 5) is 13.0. The highest BCUT2D eigenvalue weighted by molar-refractivity contribution is 6.33. The number of carbonyl (C=O) groups is 1. The number of hydrazone groups is 1. The van der Waals surface area contributed by atoms with Crippen LogP contribution in [0, 0.1) is 0 Å². The number of rotatable bonds is 9. The van der Waals surface area contributed by atoms with E-state index in [0.29, 0.717) is 53.1 Å². The van der Waals surface area contributed by atoms with Gasteiger partial charge in [-0.25, -0.2) is 0 Å². The highest BCUT2D eigenvalue weighted by Gasteiger charge is 2.28. The number of amides is 1. The molecule has 0 aliphatic carbocycles. The minimum Gasteiger partial charge on any atom is -0.493 e. The summed E-state index contributed by atoms with van der Waals surface area (Å²) in [7, 11) is 1.55. The van der Waals surface area contributed by atoms with E-state index in [1.807, 2.05) is 60.7 Å². The van der Waals surface area contributed by atoms with Crippen LogP contribution in [0.25, 0.3) is 6.08 Å². The van der Waals surface area contributed by atoms with Gasteiger partial charge < -0.3 is 14.2 Å². The van der Waals surface area contributed by atoms with Crippen molar-refractivity contribution in [2.45, 2.75) is 13.3 Å². The van der Waals surface area contributed by atoms with Gasteiger partial charge in [0.05, 0.1) is 42.3 Å². The number of hydrogen-bond donors (Lipinski definition) is 0. The first kappa shape index (κ1) is 23.4. The van der Waals surface area contributed by atoms with E-state index in [9.17, 15) is 4.79 Å². The Labute approximate surface area is 204 Å². The van der Waals surface area contributed by atoms with Crippen LogP contribution in [-0.2, 0) is 4.79 Å². The second-order valence-electron chi connectivity index (χ2n) is 7.59. The van der Waals surface area contributed by atoms with Crippen LogP contribution in [0.15, 0.2) is 83.5 Å². The Kier molecular flexibility index (Phi) is 7.50. The van der Waals surface area contributed by atoms with Crippen molar-refractivity contribution in [2.24, 2.45) is 5.10 Å². The molecule has 3 aromatic rings. The fourth-order valence-corrected chi connectivity index (χ4v) is 3.77. The number of methoxy groups -OCH3 is 1. The molecule has 0 N–H and O–H groups in total. The molecule has 4 rings (SSSR count). The van der Waals surface area contributed by atoms with Gasteiger partial charge in [0.1, 0.15) is 5.75 Å². The van der Waals surface area contributed by atoms with Crippen LogP contribution in [0.1, 0.15) is 18.9 Å². The maximum Gasteiger partial charge on any atom is 0.280 e. The lowest BCUT2D eigenvalue weighted by Gasteiger charge is -2.14. The Morgan fingerprint density at radius 1 is 0.971 bits per heavy atom. The zero-order chi connectivity index (χ0) is 23.9. The van der Waals surface area contributed by atoms with Crippen LogP contribution in [0.2, 0.25) is 5.02 Å². The molecule has 0 unspecified atom stereocenters. The number of carbonyl (C=O) groups excluding carboxylic acids is 1. The molecule has 6 nitrogen and oxygen atoms in total. The van der Waals surface area contributed by atoms with Crippen molar-refractivity contribution in [3.05, 3.63) is 89.0 Å². The van der Waals surface area contributed by atoms with Crippen molar-refractivity contribution >= 4 is 35.0 Å². The summed E-state index contributed by atoms with van der Waals surface area (Å²) in [6.07, 6.45) is 2.44. The predicted molar refractivity (Wildman–Crippen MR) is 135 cm³/mol. The van der Waals surface area contributed by atoms with Crippen molar-refractivity contribution < 1.29 is 19.0 Å². The summed E-state index contributed by atoms with van der Waals surface area (Å²) >= 11 is 6.51. The van der Waals surface area contributed by atoms with E-state index in [4.69, 9.17) is 25.8 Å². The molecule has 0 radical (unpaired) electrons. The third-order valence-corrected chi connectivity index (χ3v) is 5.45. The van der Waals surface area contributed by atoms with E-state index in [0.717, 1.165) is 11.3 Å². The van der Waals surface area contributed by atoms with E-state index in [-0.39, 0.29) is 5.91 Å². The Morgan fingerprint density at radius 3 is 2.35 bits per heavy atom. The van der Waals surface area contributed by atoms with Gasteiger partial charge in [-0.3, -0.25) is 4.79 Å². The zero-order valence-corrected chi connectivity index (χ0v) is 19.8. The summed E-state index contributed by atoms with van der Waals surface area (Å²) in [6, 6.07) is 22.5. The van der Waals surface area contributed by atoms with Crippen molar-refractivity contribution in [3.63, 3.8) is 0 Å². The molecule has 0 saturated carbocycles. The van der Waals surface area contributed by atoms with Crippen LogP contribution in [0.4, 0.5) is 5.69 Å². The molecule has 3 aromatic carbocycles. The standard InChI is InChI=1S/C27H25ClN2O4/c1-19-23(27(31)30(29-19)21-10-5-3-6-11-21)16-20-17-24(28)26(25(18-20)32-2)34-15-9-14-33-22-12-7-4-8-13-22/h3-8,10-13,16-18H,9,14-15H2,1-2H3. The Balaban J connectivity index is 1.44. The summed E-state index contributed by atoms with van der Waals surface area (Å²) in [5.74, 6) is 1.57. The molecule has 0 atom stereocenters. The van der Waals surface area contributed by atoms with Crippen LogP contribution in [0.5, 0.6) is 17.2 Å². The number of benzene rings is 3. The SMILES string of the molecule is COc1cc(C=C2C(=O)N(c3ccccc3)N=C2C)cc(Cl)c1OCCCOc1ccccc1. The van der Waals surface area contributed by atoms with Crippen molar-refractivity contribution in [1.29, 1.82) is 0 Å². The first-order chi connectivity index (χ1) is 16.6. The van der Waals surface area contributed by atoms with E-state index >= 15 is 0 Å². The molecule has 0 fully saturated rings. The number of para-hydroxylation sites is 2. The fraction of sp³-hybridized carbons (Fsp3) is 0.185. The minimum absolute atomic E-state index is 0.197. The monoisotopic (exact) mass is 476 g/mol. The van der Waals surface area contributed by atoms with Crippen molar-refractivity contribution in [1.82, 2.24) is 0 Å². The number of hydrogen-bond acceptors (Lipinski definition) is 5. The Morgan fingerprint density at radius 2 is 1.65 bits per heavy atom. The van der Waals surface area contributed by atoms with E-state index in [1.54, 1.807) is 32.2 Å². The lowest BCUT2D eigenvalue weighted by Crippen LogP contribution is -2.21. The average Bonchev–Trinajstić information content (AvgIpc) is 3.14. The van der Waals surface area contributed by atoms with Gasteiger partial charge in [0, 0.05) is 6.42 Å². The van der Waals surface area contributed by atoms with Gasteiger partial charge in [0.25, 0.3) is 5.91 Å². The van der Waals surface area contributed by atoms with Gasteiger partial charge in [-0.15, -0.1) is 0 Å². The third-order valence-electron chi connectivity index (χ3n) is 5.17. The number of halogens is 1. The van der Waals surface area contributed by atoms with Gasteiger partial charge in [0.2, 0.25) is 0 Å². The van der Waals surface area contributed by atoms with Gasteiger partial charge in [-0.2, -0.15) is 10.1 Å². The molecule has 1 aliphatic heterocycles. The number of anilines is 1. The number of nitrogens with zero attached hydrogens (tertiary/aromatic N) is 2. The summed E-state index contributed by atoms with van der Waals surface area (Å²) in [5.41, 5.74) is 2.55. The Hall–Kier alpha value is -3.77. The normalized spacial score (nSPS) is 14.3. The molecule has 0 saturated heterocycles. The molecule has 0 spiro atoms. The first-order valence-corrected chi connectivity index (χ1v) is 11.3. The molecule has 1 aliphatic rings. The minimum atomic E-state index is -0.197. The van der Waals surface area contributed by atoms with Crippen molar-refractivity contribution in [3.8, 4) is 17.2 Å². The third kappa shape index (κ3) is 5.41. The molecule has 1 amide bonds. The molecule has 0 aromatic heterocycles. The van der Waals surface area contributed by atoms with Gasteiger partial charge in [0.15, 0.2) is 11.5 Å². The van der Waals surface area contributed by atoms with Gasteiger partial charge >= 0.3 is 0 Å². The smallest absolute Gasteiger partial charge is 0.280 e. The summed E-state index contributed by atoms with van der Waals surface area (Å²) in [5, 5.41) is 6.21. The second-order valence-corrected chi connectivity index (χ2v) is 8.00. The highest BCUT2D eigenvalue weighted by atomic mass is 35.5. The molecule has 174 valence electrons. The van der Waals surface area contributed by atoms with Crippen LogP contribution in [0.3, 0.4) is 0 Å². The van der Waals surface area contributed by atoms with Crippen LogP contribution >= 0.6 is 11.6 Å². The quantitative estimate of drug-likeness (QED) is 0.280. The summed E-state index contributed by atoms with van der Waals surface area (Å²) in [6.45, 7) is 2.74. The topological polar surface area (TPSA) is 60.4 Å². The van der Waals surface area contributed by atoms with Gasteiger partial charge in [-0.05, 0) is 55.0 Å². The Bertz CT molecular complexity index is 1210. The lowest BCUT2D eigenvalue weighted by atomic mass is 10.1. The fourth-order valence-electron chi connectivity index (χ4n) is 3.50. The maximum absolute atomic E-state index is 13.0. The van der Waals surface area contributed by atoms with Crippen LogP contribution in [-0.4, -0.2) is 31.9 Å². The molecule has 0 bridgehead atoms. The van der Waals surface area contributed by atoms with Crippen molar-refractivity contribution in [2.75, 3.05) is 25.3 Å². The second kappa shape index (κ2) is 10.9. The highest BCUT2D eigenvalue weighted by Crippen LogP contribution is 2.37. The first-order valence-electron chi connectivity index (χ1n) is 10.9. The van der Waals surface area contributed by atoms with E-state index < -0.39 is 0 Å². The average molecular weight is 477 g/mol. The van der Waals surface area contributed by atoms with E-state index in [2.05, 4.69) is 5.10 Å². The van der Waals surface area contributed by atoms with Gasteiger partial charge in [-0.1, -0.05) is 48.0 Å². The van der Waals surface area contributed by atoms with E-state index in [1.165, 1.54) is 5.01 Å². The molecule has 34 heavy (non-hydrogen) atoms. The summed E-state index contributed by atoms with van der Waals surface area (Å²) < 4.78 is 17.1. The largest absolute Gasteiger partial charge is 0.493 e. The maximum atomic E-state index is 13.0. The zero-order valence-electron chi connectivity index (χ0n) is 19.0. The molecule has 7 heteroatoms. The molecule has 1 heterocycles. The molecular formula is C27H25ClN2O4. The number of ether oxygens (including phenoxy) is 3. The lowest BCUT2D eigenvalue weighted by molar-refractivity contribution is -0.114.